The van der Waals surface area contributed by atoms with E-state index in [-0.39, 0.29) is 11.5 Å². The first-order chi connectivity index (χ1) is 12.5. The number of nitrogens with zero attached hydrogens (tertiary/aromatic N) is 1. The highest BCUT2D eigenvalue weighted by molar-refractivity contribution is 7.86. The van der Waals surface area contributed by atoms with Gasteiger partial charge in [-0.1, -0.05) is 0 Å². The van der Waals surface area contributed by atoms with Crippen molar-refractivity contribution in [1.82, 2.24) is 0 Å². The van der Waals surface area contributed by atoms with Gasteiger partial charge in [0.25, 0.3) is 20.2 Å². The van der Waals surface area contributed by atoms with Crippen molar-refractivity contribution in [3.63, 3.8) is 0 Å². The van der Waals surface area contributed by atoms with E-state index in [1.165, 1.54) is 14.2 Å². The molecule has 0 aliphatic rings. The number of methoxy groups -OCH3 is 2. The topological polar surface area (TPSA) is 130 Å². The highest BCUT2D eigenvalue weighted by Gasteiger charge is 2.12. The van der Waals surface area contributed by atoms with Crippen molar-refractivity contribution in [3.05, 3.63) is 18.2 Å². The molecule has 0 spiro atoms. The first-order valence-electron chi connectivity index (χ1n) is 8.42. The fourth-order valence-electron chi connectivity index (χ4n) is 2.52. The van der Waals surface area contributed by atoms with E-state index in [4.69, 9.17) is 18.6 Å². The third-order valence-corrected chi connectivity index (χ3v) is 5.47. The van der Waals surface area contributed by atoms with E-state index in [0.717, 1.165) is 5.69 Å². The van der Waals surface area contributed by atoms with Gasteiger partial charge in [0.05, 0.1) is 25.7 Å². The molecule has 0 saturated carbocycles. The highest BCUT2D eigenvalue weighted by Crippen LogP contribution is 2.29. The van der Waals surface area contributed by atoms with Crippen LogP contribution in [0.15, 0.2) is 18.2 Å². The predicted molar refractivity (Wildman–Crippen MR) is 103 cm³/mol. The van der Waals surface area contributed by atoms with E-state index >= 15 is 0 Å². The summed E-state index contributed by atoms with van der Waals surface area (Å²) in [5, 5.41) is 0. The second-order valence-electron chi connectivity index (χ2n) is 6.04. The van der Waals surface area contributed by atoms with Crippen molar-refractivity contribution in [1.29, 1.82) is 0 Å². The lowest BCUT2D eigenvalue weighted by molar-refractivity contribution is 0.394. The fourth-order valence-corrected chi connectivity index (χ4v) is 3.66. The van der Waals surface area contributed by atoms with E-state index in [9.17, 15) is 16.8 Å². The zero-order valence-corrected chi connectivity index (χ0v) is 17.1. The minimum Gasteiger partial charge on any atom is -0.497 e. The van der Waals surface area contributed by atoms with Gasteiger partial charge in [0.2, 0.25) is 0 Å². The molecule has 0 atom stereocenters. The molecule has 27 heavy (non-hydrogen) atoms. The van der Waals surface area contributed by atoms with E-state index in [2.05, 4.69) is 0 Å². The Balaban J connectivity index is 2.82. The summed E-state index contributed by atoms with van der Waals surface area (Å²) in [6, 6.07) is 5.32. The summed E-state index contributed by atoms with van der Waals surface area (Å²) in [6.45, 7) is 0.995. The molecule has 0 aliphatic carbocycles. The molecule has 0 aliphatic heterocycles. The smallest absolute Gasteiger partial charge is 0.264 e. The number of rotatable bonds is 13. The number of hydrogen-bond donors (Lipinski definition) is 2. The Labute approximate surface area is 160 Å². The Kier molecular flexibility index (Phi) is 9.30. The molecule has 0 heterocycles. The predicted octanol–water partition coefficient (Wildman–Crippen LogP) is 1.85. The second-order valence-corrected chi connectivity index (χ2v) is 9.19. The molecule has 0 bridgehead atoms. The van der Waals surface area contributed by atoms with E-state index in [1.807, 2.05) is 4.90 Å². The van der Waals surface area contributed by atoms with E-state index in [1.54, 1.807) is 18.2 Å². The van der Waals surface area contributed by atoms with Gasteiger partial charge in [0.1, 0.15) is 11.5 Å². The van der Waals surface area contributed by atoms with Gasteiger partial charge in [-0.15, -0.1) is 0 Å². The van der Waals surface area contributed by atoms with Gasteiger partial charge < -0.3 is 14.4 Å². The molecule has 11 heteroatoms. The van der Waals surface area contributed by atoms with Crippen LogP contribution in [0.3, 0.4) is 0 Å². The average Bonchev–Trinajstić information content (AvgIpc) is 2.57. The molecule has 0 unspecified atom stereocenters. The summed E-state index contributed by atoms with van der Waals surface area (Å²) in [7, 11) is -4.94. The molecule has 0 fully saturated rings. The van der Waals surface area contributed by atoms with Crippen molar-refractivity contribution in [3.8, 4) is 11.5 Å². The van der Waals surface area contributed by atoms with Crippen LogP contribution in [-0.4, -0.2) is 64.8 Å². The molecule has 1 aromatic rings. The minimum atomic E-state index is -4.00. The van der Waals surface area contributed by atoms with Crippen LogP contribution in [0.2, 0.25) is 0 Å². The van der Waals surface area contributed by atoms with Crippen molar-refractivity contribution in [2.75, 3.05) is 43.7 Å². The lowest BCUT2D eigenvalue weighted by atomic mass is 10.2. The third-order valence-electron chi connectivity index (χ3n) is 3.86. The molecule has 0 saturated heterocycles. The Hall–Kier alpha value is -1.56. The summed E-state index contributed by atoms with van der Waals surface area (Å²) >= 11 is 0. The number of hydrogen-bond acceptors (Lipinski definition) is 7. The average molecular weight is 426 g/mol. The first kappa shape index (κ1) is 23.5. The lowest BCUT2D eigenvalue weighted by Gasteiger charge is -2.26. The van der Waals surface area contributed by atoms with Crippen LogP contribution in [0.25, 0.3) is 0 Å². The van der Waals surface area contributed by atoms with Gasteiger partial charge in [0.15, 0.2) is 0 Å². The zero-order valence-electron chi connectivity index (χ0n) is 15.5. The van der Waals surface area contributed by atoms with Gasteiger partial charge in [-0.3, -0.25) is 9.11 Å². The van der Waals surface area contributed by atoms with E-state index in [0.29, 0.717) is 50.3 Å². The molecular formula is C16H27NO8S2. The number of benzene rings is 1. The quantitative estimate of drug-likeness (QED) is 0.359. The Bertz CT molecular complexity index is 730. The molecule has 156 valence electrons. The molecule has 0 radical (unpaired) electrons. The van der Waals surface area contributed by atoms with Crippen molar-refractivity contribution < 1.29 is 35.4 Å². The maximum Gasteiger partial charge on any atom is 0.264 e. The second kappa shape index (κ2) is 10.7. The van der Waals surface area contributed by atoms with Crippen LogP contribution in [-0.2, 0) is 20.2 Å². The van der Waals surface area contributed by atoms with Crippen LogP contribution in [0.5, 0.6) is 11.5 Å². The normalized spacial score (nSPS) is 12.0. The van der Waals surface area contributed by atoms with Crippen LogP contribution >= 0.6 is 0 Å². The SMILES string of the molecule is COc1cc(OC)cc(N(CCCCS(=O)(=O)O)CCCCS(=O)(=O)O)c1. The Morgan fingerprint density at radius 1 is 0.778 bits per heavy atom. The molecule has 1 rings (SSSR count). The maximum atomic E-state index is 10.8. The number of ether oxygens (including phenoxy) is 2. The van der Waals surface area contributed by atoms with Crippen LogP contribution in [0.1, 0.15) is 25.7 Å². The summed E-state index contributed by atoms with van der Waals surface area (Å²) in [4.78, 5) is 1.96. The minimum absolute atomic E-state index is 0.293. The fraction of sp³-hybridized carbons (Fsp3) is 0.625. The number of unbranched alkanes of at least 4 members (excludes halogenated alkanes) is 2. The Morgan fingerprint density at radius 3 is 1.52 bits per heavy atom. The summed E-state index contributed by atoms with van der Waals surface area (Å²) in [6.07, 6.45) is 1.61. The molecule has 0 amide bonds. The van der Waals surface area contributed by atoms with E-state index < -0.39 is 20.2 Å². The third kappa shape index (κ3) is 10.4. The van der Waals surface area contributed by atoms with Crippen LogP contribution in [0.4, 0.5) is 5.69 Å². The molecule has 1 aromatic carbocycles. The zero-order chi connectivity index (χ0) is 20.5. The Morgan fingerprint density at radius 2 is 1.19 bits per heavy atom. The van der Waals surface area contributed by atoms with Crippen molar-refractivity contribution in [2.24, 2.45) is 0 Å². The summed E-state index contributed by atoms with van der Waals surface area (Å²) in [5.41, 5.74) is 0.782. The van der Waals surface area contributed by atoms with Gasteiger partial charge >= 0.3 is 0 Å². The first-order valence-corrected chi connectivity index (χ1v) is 11.6. The highest BCUT2D eigenvalue weighted by atomic mass is 32.2. The van der Waals surface area contributed by atoms with Gasteiger partial charge in [-0.2, -0.15) is 16.8 Å². The molecule has 2 N–H and O–H groups in total. The maximum absolute atomic E-state index is 10.8. The standard InChI is InChI=1S/C16H27NO8S2/c1-24-15-11-14(12-16(13-15)25-2)17(7-3-5-9-26(18,19)20)8-4-6-10-27(21,22)23/h11-13H,3-10H2,1-2H3,(H,18,19,20)(H,21,22,23). The molecular weight excluding hydrogens is 398 g/mol. The monoisotopic (exact) mass is 425 g/mol. The van der Waals surface area contributed by atoms with Crippen molar-refractivity contribution in [2.45, 2.75) is 25.7 Å². The molecule has 0 aromatic heterocycles. The van der Waals surface area contributed by atoms with Gasteiger partial charge in [-0.25, -0.2) is 0 Å². The lowest BCUT2D eigenvalue weighted by Crippen LogP contribution is -2.26. The van der Waals surface area contributed by atoms with Crippen molar-refractivity contribution >= 4 is 25.9 Å². The van der Waals surface area contributed by atoms with Gasteiger partial charge in [-0.05, 0) is 25.7 Å². The van der Waals surface area contributed by atoms with Gasteiger partial charge in [0, 0.05) is 37.0 Å². The number of anilines is 1. The molecule has 9 nitrogen and oxygen atoms in total. The summed E-state index contributed by atoms with van der Waals surface area (Å²) < 4.78 is 71.6. The summed E-state index contributed by atoms with van der Waals surface area (Å²) in [5.74, 6) is 0.547. The van der Waals surface area contributed by atoms with Crippen LogP contribution < -0.4 is 14.4 Å². The van der Waals surface area contributed by atoms with Crippen LogP contribution in [0, 0.1) is 0 Å². The largest absolute Gasteiger partial charge is 0.497 e.